The third-order valence-corrected chi connectivity index (χ3v) is 3.96. The van der Waals surface area contributed by atoms with E-state index < -0.39 is 0 Å². The number of nitrogens with one attached hydrogen (secondary N) is 1. The van der Waals surface area contributed by atoms with E-state index in [4.69, 9.17) is 10.5 Å². The van der Waals surface area contributed by atoms with Gasteiger partial charge in [0.15, 0.2) is 0 Å². The molecule has 0 fully saturated rings. The highest BCUT2D eigenvalue weighted by atomic mass is 79.9. The van der Waals surface area contributed by atoms with Crippen LogP contribution >= 0.6 is 15.9 Å². The third kappa shape index (κ3) is 2.61. The van der Waals surface area contributed by atoms with Crippen molar-refractivity contribution in [2.75, 3.05) is 17.7 Å². The predicted octanol–water partition coefficient (Wildman–Crippen LogP) is 3.89. The molecule has 0 atom stereocenters. The van der Waals surface area contributed by atoms with Crippen molar-refractivity contribution in [3.8, 4) is 5.75 Å². The van der Waals surface area contributed by atoms with Crippen molar-refractivity contribution in [1.29, 1.82) is 0 Å². The van der Waals surface area contributed by atoms with Crippen molar-refractivity contribution in [2.45, 2.75) is 19.9 Å². The number of rotatable bonds is 3. The van der Waals surface area contributed by atoms with Crippen molar-refractivity contribution in [3.63, 3.8) is 0 Å². The second-order valence-corrected chi connectivity index (χ2v) is 6.01. The lowest BCUT2D eigenvalue weighted by atomic mass is 10.1. The summed E-state index contributed by atoms with van der Waals surface area (Å²) in [7, 11) is 0. The average Bonchev–Trinajstić information content (AvgIpc) is 2.85. The minimum Gasteiger partial charge on any atom is -0.493 e. The fourth-order valence-corrected chi connectivity index (χ4v) is 3.06. The van der Waals surface area contributed by atoms with Crippen molar-refractivity contribution in [3.05, 3.63) is 51.5 Å². The van der Waals surface area contributed by atoms with Gasteiger partial charge in [-0.15, -0.1) is 0 Å². The largest absolute Gasteiger partial charge is 0.493 e. The van der Waals surface area contributed by atoms with E-state index in [9.17, 15) is 0 Å². The number of halogens is 1. The molecule has 0 aromatic heterocycles. The molecule has 3 N–H and O–H groups in total. The van der Waals surface area contributed by atoms with Crippen LogP contribution in [0, 0.1) is 6.92 Å². The summed E-state index contributed by atoms with van der Waals surface area (Å²) in [6, 6.07) is 10.3. The van der Waals surface area contributed by atoms with Gasteiger partial charge in [0, 0.05) is 23.0 Å². The van der Waals surface area contributed by atoms with Crippen LogP contribution in [-0.2, 0) is 13.0 Å². The van der Waals surface area contributed by atoms with Gasteiger partial charge in [-0.2, -0.15) is 0 Å². The molecule has 0 saturated carbocycles. The van der Waals surface area contributed by atoms with Crippen LogP contribution in [0.4, 0.5) is 11.4 Å². The number of fused-ring (bicyclic) bond motifs is 1. The summed E-state index contributed by atoms with van der Waals surface area (Å²) in [5.41, 5.74) is 11.4. The van der Waals surface area contributed by atoms with Crippen molar-refractivity contribution in [2.24, 2.45) is 0 Å². The summed E-state index contributed by atoms with van der Waals surface area (Å²) in [6.07, 6.45) is 0.981. The minimum atomic E-state index is 0.703. The number of nitrogens with two attached hydrogens (primary N) is 1. The first-order valence-corrected chi connectivity index (χ1v) is 7.47. The van der Waals surface area contributed by atoms with Crippen LogP contribution in [0.25, 0.3) is 0 Å². The molecule has 1 heterocycles. The molecule has 104 valence electrons. The van der Waals surface area contributed by atoms with E-state index in [-0.39, 0.29) is 0 Å². The van der Waals surface area contributed by atoms with Crippen LogP contribution in [0.3, 0.4) is 0 Å². The van der Waals surface area contributed by atoms with Gasteiger partial charge in [-0.05, 0) is 42.3 Å². The monoisotopic (exact) mass is 332 g/mol. The summed E-state index contributed by atoms with van der Waals surface area (Å²) >= 11 is 3.56. The Hall–Kier alpha value is -1.68. The Bertz CT molecular complexity index is 655. The lowest BCUT2D eigenvalue weighted by molar-refractivity contribution is 0.354. The highest BCUT2D eigenvalue weighted by Crippen LogP contribution is 2.33. The summed E-state index contributed by atoms with van der Waals surface area (Å²) in [4.78, 5) is 0. The topological polar surface area (TPSA) is 47.3 Å². The van der Waals surface area contributed by atoms with E-state index in [1.165, 1.54) is 11.1 Å². The highest BCUT2D eigenvalue weighted by Gasteiger charge is 2.17. The normalized spacial score (nSPS) is 12.9. The standard InChI is InChI=1S/C16H17BrN2O/c1-10-2-3-15(14(18)6-10)19-9-12-8-13(17)7-11-4-5-20-16(11)12/h2-3,6-8,19H,4-5,9,18H2,1H3. The second-order valence-electron chi connectivity index (χ2n) is 5.10. The number of hydrogen-bond donors (Lipinski definition) is 2. The van der Waals surface area contributed by atoms with Crippen LogP contribution in [0.5, 0.6) is 5.75 Å². The van der Waals surface area contributed by atoms with Gasteiger partial charge in [-0.3, -0.25) is 0 Å². The first-order valence-electron chi connectivity index (χ1n) is 6.67. The Morgan fingerprint density at radius 3 is 2.95 bits per heavy atom. The molecule has 3 rings (SSSR count). The number of anilines is 2. The van der Waals surface area contributed by atoms with E-state index in [1.807, 2.05) is 19.1 Å². The average molecular weight is 333 g/mol. The summed E-state index contributed by atoms with van der Waals surface area (Å²) < 4.78 is 6.82. The van der Waals surface area contributed by atoms with Gasteiger partial charge in [0.2, 0.25) is 0 Å². The predicted molar refractivity (Wildman–Crippen MR) is 86.3 cm³/mol. The van der Waals surface area contributed by atoms with Crippen molar-refractivity contribution >= 4 is 27.3 Å². The molecule has 0 saturated heterocycles. The Labute approximate surface area is 127 Å². The zero-order valence-electron chi connectivity index (χ0n) is 11.4. The molecule has 20 heavy (non-hydrogen) atoms. The second kappa shape index (κ2) is 5.37. The highest BCUT2D eigenvalue weighted by molar-refractivity contribution is 9.10. The van der Waals surface area contributed by atoms with Gasteiger partial charge in [0.1, 0.15) is 5.75 Å². The summed E-state index contributed by atoms with van der Waals surface area (Å²) in [6.45, 7) is 3.51. The van der Waals surface area contributed by atoms with Crippen molar-refractivity contribution in [1.82, 2.24) is 0 Å². The first-order chi connectivity index (χ1) is 9.63. The zero-order chi connectivity index (χ0) is 14.1. The lowest BCUT2D eigenvalue weighted by Gasteiger charge is -2.13. The Morgan fingerprint density at radius 1 is 1.30 bits per heavy atom. The molecular weight excluding hydrogens is 316 g/mol. The van der Waals surface area contributed by atoms with Crippen LogP contribution in [0.1, 0.15) is 16.7 Å². The molecular formula is C16H17BrN2O. The van der Waals surface area contributed by atoms with E-state index in [0.717, 1.165) is 40.2 Å². The lowest BCUT2D eigenvalue weighted by Crippen LogP contribution is -2.04. The fraction of sp³-hybridized carbons (Fsp3) is 0.250. The quantitative estimate of drug-likeness (QED) is 0.838. The molecule has 0 unspecified atom stereocenters. The number of nitrogen functional groups attached to an aromatic ring is 1. The third-order valence-electron chi connectivity index (χ3n) is 3.50. The van der Waals surface area contributed by atoms with Gasteiger partial charge in [-0.25, -0.2) is 0 Å². The Kier molecular flexibility index (Phi) is 3.57. The van der Waals surface area contributed by atoms with Gasteiger partial charge in [0.25, 0.3) is 0 Å². The van der Waals surface area contributed by atoms with Crippen LogP contribution in [0.2, 0.25) is 0 Å². The molecule has 0 aliphatic carbocycles. The van der Waals surface area contributed by atoms with E-state index in [0.29, 0.717) is 6.54 Å². The molecule has 3 nitrogen and oxygen atoms in total. The maximum atomic E-state index is 6.03. The minimum absolute atomic E-state index is 0.703. The Morgan fingerprint density at radius 2 is 2.15 bits per heavy atom. The van der Waals surface area contributed by atoms with E-state index in [2.05, 4.69) is 39.4 Å². The molecule has 1 aliphatic heterocycles. The molecule has 0 radical (unpaired) electrons. The molecule has 2 aromatic carbocycles. The van der Waals surface area contributed by atoms with E-state index in [1.54, 1.807) is 0 Å². The maximum Gasteiger partial charge on any atom is 0.127 e. The number of hydrogen-bond acceptors (Lipinski definition) is 3. The van der Waals surface area contributed by atoms with Gasteiger partial charge >= 0.3 is 0 Å². The maximum absolute atomic E-state index is 6.03. The number of benzene rings is 2. The Balaban J connectivity index is 1.82. The van der Waals surface area contributed by atoms with E-state index >= 15 is 0 Å². The molecule has 1 aliphatic rings. The summed E-state index contributed by atoms with van der Waals surface area (Å²) in [5, 5.41) is 3.39. The fourth-order valence-electron chi connectivity index (χ4n) is 2.51. The smallest absolute Gasteiger partial charge is 0.127 e. The van der Waals surface area contributed by atoms with Crippen LogP contribution in [0.15, 0.2) is 34.8 Å². The summed E-state index contributed by atoms with van der Waals surface area (Å²) in [5.74, 6) is 1.02. The zero-order valence-corrected chi connectivity index (χ0v) is 13.0. The van der Waals surface area contributed by atoms with Gasteiger partial charge in [0.05, 0.1) is 18.0 Å². The van der Waals surface area contributed by atoms with Gasteiger partial charge in [-0.1, -0.05) is 22.0 Å². The van der Waals surface area contributed by atoms with Crippen LogP contribution in [-0.4, -0.2) is 6.61 Å². The molecule has 2 aromatic rings. The molecule has 0 bridgehead atoms. The molecule has 0 spiro atoms. The SMILES string of the molecule is Cc1ccc(NCc2cc(Br)cc3c2OCC3)c(N)c1. The first kappa shape index (κ1) is 13.3. The number of aryl methyl sites for hydroxylation is 1. The van der Waals surface area contributed by atoms with Crippen LogP contribution < -0.4 is 15.8 Å². The van der Waals surface area contributed by atoms with Gasteiger partial charge < -0.3 is 15.8 Å². The molecule has 4 heteroatoms. The van der Waals surface area contributed by atoms with Crippen molar-refractivity contribution < 1.29 is 4.74 Å². The number of ether oxygens (including phenoxy) is 1. The molecule has 0 amide bonds.